The largest absolute Gasteiger partial charge is 0.352 e. The second-order valence-electron chi connectivity index (χ2n) is 6.02. The van der Waals surface area contributed by atoms with Gasteiger partial charge in [-0.25, -0.2) is 0 Å². The lowest BCUT2D eigenvalue weighted by Crippen LogP contribution is -2.26. The number of hydrogen-bond donors (Lipinski definition) is 1. The van der Waals surface area contributed by atoms with E-state index >= 15 is 0 Å². The molecule has 26 heavy (non-hydrogen) atoms. The number of nitrogens with one attached hydrogen (secondary N) is 1. The average molecular weight is 385 g/mol. The summed E-state index contributed by atoms with van der Waals surface area (Å²) in [6, 6.07) is 15.2. The van der Waals surface area contributed by atoms with E-state index in [1.807, 2.05) is 49.4 Å². The Labute approximate surface area is 163 Å². The first-order valence-corrected chi connectivity index (χ1v) is 9.03. The molecule has 0 spiro atoms. The van der Waals surface area contributed by atoms with Crippen LogP contribution in [0.1, 0.15) is 21.5 Å². The maximum atomic E-state index is 12.7. The highest BCUT2D eigenvalue weighted by atomic mass is 35.5. The number of rotatable bonds is 5. The molecule has 2 aromatic carbocycles. The van der Waals surface area contributed by atoms with Crippen LogP contribution < -0.4 is 5.32 Å². The fourth-order valence-electron chi connectivity index (χ4n) is 2.86. The van der Waals surface area contributed by atoms with Crippen LogP contribution in [0.2, 0.25) is 10.0 Å². The number of aromatic nitrogens is 1. The van der Waals surface area contributed by atoms with Crippen molar-refractivity contribution in [1.29, 1.82) is 0 Å². The van der Waals surface area contributed by atoms with Crippen LogP contribution in [-0.2, 0) is 6.42 Å². The number of pyridine rings is 1. The Kier molecular flexibility index (Phi) is 5.92. The van der Waals surface area contributed by atoms with Gasteiger partial charge in [0.15, 0.2) is 0 Å². The predicted octanol–water partition coefficient (Wildman–Crippen LogP) is 5.34. The molecule has 0 saturated carbocycles. The standard InChI is InChI=1S/C21H18Cl2N2O/c1-14-4-2-3-5-18(14)19-7-8-24-13-20(19)21(26)25-9-6-15-10-16(22)12-17(23)11-15/h2-5,7-8,10-13H,6,9H2,1H3,(H,25,26). The third kappa shape index (κ3) is 4.43. The summed E-state index contributed by atoms with van der Waals surface area (Å²) >= 11 is 12.0. The van der Waals surface area contributed by atoms with E-state index in [1.54, 1.807) is 18.5 Å². The second kappa shape index (κ2) is 8.35. The van der Waals surface area contributed by atoms with E-state index < -0.39 is 0 Å². The summed E-state index contributed by atoms with van der Waals surface area (Å²) in [6.07, 6.45) is 3.95. The Morgan fingerprint density at radius 2 is 1.77 bits per heavy atom. The molecule has 0 aliphatic rings. The van der Waals surface area contributed by atoms with Crippen molar-refractivity contribution in [2.45, 2.75) is 13.3 Å². The van der Waals surface area contributed by atoms with Crippen LogP contribution in [0.5, 0.6) is 0 Å². The van der Waals surface area contributed by atoms with Gasteiger partial charge in [-0.15, -0.1) is 0 Å². The van der Waals surface area contributed by atoms with Crippen molar-refractivity contribution in [3.8, 4) is 11.1 Å². The van der Waals surface area contributed by atoms with E-state index in [0.717, 1.165) is 22.3 Å². The Bertz CT molecular complexity index is 921. The number of benzene rings is 2. The highest BCUT2D eigenvalue weighted by Crippen LogP contribution is 2.26. The Morgan fingerprint density at radius 1 is 1.04 bits per heavy atom. The lowest BCUT2D eigenvalue weighted by Gasteiger charge is -2.12. The number of hydrogen-bond acceptors (Lipinski definition) is 2. The Morgan fingerprint density at radius 3 is 2.50 bits per heavy atom. The van der Waals surface area contributed by atoms with E-state index in [1.165, 1.54) is 0 Å². The molecule has 3 nitrogen and oxygen atoms in total. The molecule has 0 saturated heterocycles. The molecular formula is C21H18Cl2N2O. The summed E-state index contributed by atoms with van der Waals surface area (Å²) in [5, 5.41) is 4.13. The molecule has 1 N–H and O–H groups in total. The molecule has 0 atom stereocenters. The first-order chi connectivity index (χ1) is 12.5. The zero-order valence-corrected chi connectivity index (χ0v) is 15.8. The highest BCUT2D eigenvalue weighted by Gasteiger charge is 2.14. The normalized spacial score (nSPS) is 10.6. The molecule has 3 rings (SSSR count). The minimum absolute atomic E-state index is 0.149. The summed E-state index contributed by atoms with van der Waals surface area (Å²) in [7, 11) is 0. The van der Waals surface area contributed by atoms with Gasteiger partial charge in [0.05, 0.1) is 5.56 Å². The van der Waals surface area contributed by atoms with Gasteiger partial charge in [-0.05, 0) is 59.9 Å². The van der Waals surface area contributed by atoms with E-state index in [4.69, 9.17) is 23.2 Å². The fourth-order valence-corrected chi connectivity index (χ4v) is 3.43. The predicted molar refractivity (Wildman–Crippen MR) is 107 cm³/mol. The number of nitrogens with zero attached hydrogens (tertiary/aromatic N) is 1. The van der Waals surface area contributed by atoms with E-state index in [9.17, 15) is 4.79 Å². The molecular weight excluding hydrogens is 367 g/mol. The second-order valence-corrected chi connectivity index (χ2v) is 6.89. The molecule has 1 amide bonds. The minimum Gasteiger partial charge on any atom is -0.352 e. The monoisotopic (exact) mass is 384 g/mol. The van der Waals surface area contributed by atoms with Crippen LogP contribution in [0.25, 0.3) is 11.1 Å². The molecule has 0 aliphatic carbocycles. The first-order valence-electron chi connectivity index (χ1n) is 8.28. The van der Waals surface area contributed by atoms with E-state index in [-0.39, 0.29) is 5.91 Å². The van der Waals surface area contributed by atoms with Gasteiger partial charge in [-0.2, -0.15) is 0 Å². The third-order valence-electron chi connectivity index (χ3n) is 4.12. The van der Waals surface area contributed by atoms with Crippen molar-refractivity contribution < 1.29 is 4.79 Å². The number of aryl methyl sites for hydroxylation is 1. The summed E-state index contributed by atoms with van der Waals surface area (Å²) < 4.78 is 0. The third-order valence-corrected chi connectivity index (χ3v) is 4.56. The molecule has 5 heteroatoms. The molecule has 0 radical (unpaired) electrons. The average Bonchev–Trinajstić information content (AvgIpc) is 2.61. The summed E-state index contributed by atoms with van der Waals surface area (Å²) in [5.41, 5.74) is 4.56. The minimum atomic E-state index is -0.149. The molecule has 0 unspecified atom stereocenters. The van der Waals surface area contributed by atoms with Gasteiger partial charge in [-0.3, -0.25) is 9.78 Å². The van der Waals surface area contributed by atoms with Crippen molar-refractivity contribution in [3.05, 3.63) is 87.7 Å². The highest BCUT2D eigenvalue weighted by molar-refractivity contribution is 6.34. The van der Waals surface area contributed by atoms with Crippen LogP contribution in [0.4, 0.5) is 0 Å². The zero-order valence-electron chi connectivity index (χ0n) is 14.3. The van der Waals surface area contributed by atoms with E-state index in [0.29, 0.717) is 28.6 Å². The van der Waals surface area contributed by atoms with Gasteiger partial charge >= 0.3 is 0 Å². The van der Waals surface area contributed by atoms with Crippen molar-refractivity contribution in [3.63, 3.8) is 0 Å². The molecule has 0 bridgehead atoms. The molecule has 1 heterocycles. The van der Waals surface area contributed by atoms with Gasteiger partial charge < -0.3 is 5.32 Å². The van der Waals surface area contributed by atoms with Crippen molar-refractivity contribution in [2.24, 2.45) is 0 Å². The van der Waals surface area contributed by atoms with Crippen molar-refractivity contribution >= 4 is 29.1 Å². The maximum Gasteiger partial charge on any atom is 0.253 e. The number of amides is 1. The van der Waals surface area contributed by atoms with Gasteiger partial charge in [0.2, 0.25) is 0 Å². The fraction of sp³-hybridized carbons (Fsp3) is 0.143. The summed E-state index contributed by atoms with van der Waals surface area (Å²) in [5.74, 6) is -0.149. The Balaban J connectivity index is 1.74. The summed E-state index contributed by atoms with van der Waals surface area (Å²) in [6.45, 7) is 2.51. The molecule has 3 aromatic rings. The lowest BCUT2D eigenvalue weighted by atomic mass is 9.97. The first kappa shape index (κ1) is 18.4. The van der Waals surface area contributed by atoms with Crippen LogP contribution in [0.15, 0.2) is 60.9 Å². The summed E-state index contributed by atoms with van der Waals surface area (Å²) in [4.78, 5) is 16.8. The zero-order chi connectivity index (χ0) is 18.5. The van der Waals surface area contributed by atoms with Gasteiger partial charge in [0.1, 0.15) is 0 Å². The Hall–Kier alpha value is -2.36. The van der Waals surface area contributed by atoms with Gasteiger partial charge in [0.25, 0.3) is 5.91 Å². The maximum absolute atomic E-state index is 12.7. The molecule has 0 aliphatic heterocycles. The quantitative estimate of drug-likeness (QED) is 0.645. The van der Waals surface area contributed by atoms with Crippen LogP contribution in [-0.4, -0.2) is 17.4 Å². The van der Waals surface area contributed by atoms with Crippen molar-refractivity contribution in [2.75, 3.05) is 6.54 Å². The molecule has 132 valence electrons. The van der Waals surface area contributed by atoms with Crippen LogP contribution in [0, 0.1) is 6.92 Å². The lowest BCUT2D eigenvalue weighted by molar-refractivity contribution is 0.0954. The van der Waals surface area contributed by atoms with E-state index in [2.05, 4.69) is 10.3 Å². The topological polar surface area (TPSA) is 42.0 Å². The molecule has 0 fully saturated rings. The van der Waals surface area contributed by atoms with Crippen molar-refractivity contribution in [1.82, 2.24) is 10.3 Å². The number of halogens is 2. The van der Waals surface area contributed by atoms with Gasteiger partial charge in [-0.1, -0.05) is 47.5 Å². The number of carbonyl (C=O) groups excluding carboxylic acids is 1. The SMILES string of the molecule is Cc1ccccc1-c1ccncc1C(=O)NCCc1cc(Cl)cc(Cl)c1. The van der Waals surface area contributed by atoms with Crippen LogP contribution in [0.3, 0.4) is 0 Å². The number of carbonyl (C=O) groups is 1. The van der Waals surface area contributed by atoms with Gasteiger partial charge in [0, 0.05) is 29.0 Å². The smallest absolute Gasteiger partial charge is 0.253 e. The van der Waals surface area contributed by atoms with Crippen LogP contribution >= 0.6 is 23.2 Å². The molecule has 1 aromatic heterocycles.